The molecule has 20 heavy (non-hydrogen) atoms. The SMILES string of the molecule is O=C(O)CCC(OCc1ccccc1)c1ccccc1. The van der Waals surface area contributed by atoms with E-state index >= 15 is 0 Å². The third-order valence-electron chi connectivity index (χ3n) is 3.09. The molecule has 0 saturated carbocycles. The van der Waals surface area contributed by atoms with Crippen molar-refractivity contribution < 1.29 is 14.6 Å². The summed E-state index contributed by atoms with van der Waals surface area (Å²) in [5.74, 6) is -0.797. The van der Waals surface area contributed by atoms with Gasteiger partial charge in [0.1, 0.15) is 0 Å². The number of benzene rings is 2. The van der Waals surface area contributed by atoms with Crippen LogP contribution in [0.2, 0.25) is 0 Å². The van der Waals surface area contributed by atoms with E-state index in [1.807, 2.05) is 60.7 Å². The molecule has 0 heterocycles. The first-order valence-corrected chi connectivity index (χ1v) is 6.68. The molecule has 1 atom stereocenters. The van der Waals surface area contributed by atoms with E-state index < -0.39 is 5.97 Å². The number of hydrogen-bond donors (Lipinski definition) is 1. The molecule has 0 radical (unpaired) electrons. The summed E-state index contributed by atoms with van der Waals surface area (Å²) >= 11 is 0. The van der Waals surface area contributed by atoms with Gasteiger partial charge >= 0.3 is 5.97 Å². The normalized spacial score (nSPS) is 12.0. The van der Waals surface area contributed by atoms with Crippen LogP contribution >= 0.6 is 0 Å². The molecule has 0 bridgehead atoms. The van der Waals surface area contributed by atoms with Crippen LogP contribution in [0.3, 0.4) is 0 Å². The zero-order valence-corrected chi connectivity index (χ0v) is 11.2. The van der Waals surface area contributed by atoms with Crippen molar-refractivity contribution in [3.63, 3.8) is 0 Å². The van der Waals surface area contributed by atoms with E-state index in [-0.39, 0.29) is 12.5 Å². The van der Waals surface area contributed by atoms with Crippen LogP contribution in [0.4, 0.5) is 0 Å². The minimum atomic E-state index is -0.797. The Labute approximate surface area is 118 Å². The second-order valence-corrected chi connectivity index (χ2v) is 4.63. The van der Waals surface area contributed by atoms with Crippen molar-refractivity contribution in [1.29, 1.82) is 0 Å². The maximum atomic E-state index is 10.8. The van der Waals surface area contributed by atoms with Gasteiger partial charge in [-0.1, -0.05) is 60.7 Å². The Balaban J connectivity index is 2.01. The van der Waals surface area contributed by atoms with Crippen molar-refractivity contribution in [2.45, 2.75) is 25.6 Å². The monoisotopic (exact) mass is 270 g/mol. The smallest absolute Gasteiger partial charge is 0.303 e. The van der Waals surface area contributed by atoms with Crippen molar-refractivity contribution in [3.05, 3.63) is 71.8 Å². The summed E-state index contributed by atoms with van der Waals surface area (Å²) in [4.78, 5) is 10.8. The summed E-state index contributed by atoms with van der Waals surface area (Å²) in [5, 5.41) is 8.84. The maximum absolute atomic E-state index is 10.8. The minimum absolute atomic E-state index is 0.106. The summed E-state index contributed by atoms with van der Waals surface area (Å²) in [7, 11) is 0. The lowest BCUT2D eigenvalue weighted by atomic mass is 10.0. The maximum Gasteiger partial charge on any atom is 0.303 e. The summed E-state index contributed by atoms with van der Waals surface area (Å²) in [6.45, 7) is 0.486. The molecule has 0 saturated heterocycles. The van der Waals surface area contributed by atoms with Gasteiger partial charge in [-0.2, -0.15) is 0 Å². The molecule has 0 aromatic heterocycles. The average Bonchev–Trinajstić information content (AvgIpc) is 2.49. The van der Waals surface area contributed by atoms with Gasteiger partial charge in [-0.05, 0) is 17.5 Å². The number of aliphatic carboxylic acids is 1. The Morgan fingerprint density at radius 1 is 1.00 bits per heavy atom. The highest BCUT2D eigenvalue weighted by Crippen LogP contribution is 2.24. The molecule has 104 valence electrons. The van der Waals surface area contributed by atoms with E-state index in [1.165, 1.54) is 0 Å². The lowest BCUT2D eigenvalue weighted by Crippen LogP contribution is -2.07. The number of carboxylic acid groups (broad SMARTS) is 1. The molecular formula is C17H18O3. The van der Waals surface area contributed by atoms with E-state index in [1.54, 1.807) is 0 Å². The third-order valence-corrected chi connectivity index (χ3v) is 3.09. The van der Waals surface area contributed by atoms with Gasteiger partial charge in [0.25, 0.3) is 0 Å². The van der Waals surface area contributed by atoms with Gasteiger partial charge in [-0.3, -0.25) is 4.79 Å². The molecule has 0 aliphatic heterocycles. The fourth-order valence-electron chi connectivity index (χ4n) is 2.04. The number of ether oxygens (including phenoxy) is 1. The van der Waals surface area contributed by atoms with Crippen molar-refractivity contribution in [2.75, 3.05) is 0 Å². The minimum Gasteiger partial charge on any atom is -0.481 e. The molecule has 3 heteroatoms. The van der Waals surface area contributed by atoms with Crippen LogP contribution in [0.15, 0.2) is 60.7 Å². The van der Waals surface area contributed by atoms with Crippen molar-refractivity contribution in [1.82, 2.24) is 0 Å². The molecule has 2 rings (SSSR count). The Bertz CT molecular complexity index is 522. The average molecular weight is 270 g/mol. The predicted octanol–water partition coefficient (Wildman–Crippen LogP) is 3.81. The topological polar surface area (TPSA) is 46.5 Å². The van der Waals surface area contributed by atoms with Gasteiger partial charge in [-0.15, -0.1) is 0 Å². The summed E-state index contributed by atoms with van der Waals surface area (Å²) in [6.07, 6.45) is 0.396. The Kier molecular flexibility index (Phi) is 5.33. The second kappa shape index (κ2) is 7.46. The first-order chi connectivity index (χ1) is 9.75. The predicted molar refractivity (Wildman–Crippen MR) is 77.3 cm³/mol. The first kappa shape index (κ1) is 14.3. The van der Waals surface area contributed by atoms with Crippen LogP contribution in [0, 0.1) is 0 Å². The molecule has 3 nitrogen and oxygen atoms in total. The Morgan fingerprint density at radius 3 is 2.20 bits per heavy atom. The largest absolute Gasteiger partial charge is 0.481 e. The standard InChI is InChI=1S/C17H18O3/c18-17(19)12-11-16(15-9-5-2-6-10-15)20-13-14-7-3-1-4-8-14/h1-10,16H,11-13H2,(H,18,19). The second-order valence-electron chi connectivity index (χ2n) is 4.63. The molecule has 1 unspecified atom stereocenters. The summed E-state index contributed by atoms with van der Waals surface area (Å²) in [6, 6.07) is 19.6. The number of carboxylic acids is 1. The van der Waals surface area contributed by atoms with Gasteiger partial charge in [0.05, 0.1) is 12.7 Å². The van der Waals surface area contributed by atoms with Crippen LogP contribution in [-0.4, -0.2) is 11.1 Å². The highest BCUT2D eigenvalue weighted by Gasteiger charge is 2.13. The van der Waals surface area contributed by atoms with Crippen LogP contribution < -0.4 is 0 Å². The zero-order valence-electron chi connectivity index (χ0n) is 11.2. The van der Waals surface area contributed by atoms with E-state index in [0.29, 0.717) is 13.0 Å². The number of hydrogen-bond acceptors (Lipinski definition) is 2. The van der Waals surface area contributed by atoms with E-state index in [0.717, 1.165) is 11.1 Å². The van der Waals surface area contributed by atoms with E-state index in [4.69, 9.17) is 9.84 Å². The summed E-state index contributed by atoms with van der Waals surface area (Å²) in [5.41, 5.74) is 2.11. The zero-order chi connectivity index (χ0) is 14.2. The fraction of sp³-hybridized carbons (Fsp3) is 0.235. The molecule has 2 aromatic carbocycles. The van der Waals surface area contributed by atoms with Gasteiger partial charge in [0.15, 0.2) is 0 Å². The van der Waals surface area contributed by atoms with E-state index in [9.17, 15) is 4.79 Å². The first-order valence-electron chi connectivity index (χ1n) is 6.68. The lowest BCUT2D eigenvalue weighted by molar-refractivity contribution is -0.138. The van der Waals surface area contributed by atoms with Gasteiger partial charge < -0.3 is 9.84 Å². The summed E-state index contributed by atoms with van der Waals surface area (Å²) < 4.78 is 5.90. The molecular weight excluding hydrogens is 252 g/mol. The molecule has 0 aliphatic rings. The molecule has 1 N–H and O–H groups in total. The number of carbonyl (C=O) groups is 1. The molecule has 0 aliphatic carbocycles. The lowest BCUT2D eigenvalue weighted by Gasteiger charge is -2.17. The van der Waals surface area contributed by atoms with Crippen molar-refractivity contribution in [2.24, 2.45) is 0 Å². The highest BCUT2D eigenvalue weighted by atomic mass is 16.5. The third kappa shape index (κ3) is 4.52. The molecule has 0 amide bonds. The van der Waals surface area contributed by atoms with Crippen LogP contribution in [0.5, 0.6) is 0 Å². The van der Waals surface area contributed by atoms with E-state index in [2.05, 4.69) is 0 Å². The van der Waals surface area contributed by atoms with Crippen molar-refractivity contribution >= 4 is 5.97 Å². The quantitative estimate of drug-likeness (QED) is 0.832. The van der Waals surface area contributed by atoms with Crippen molar-refractivity contribution in [3.8, 4) is 0 Å². The van der Waals surface area contributed by atoms with Crippen LogP contribution in [0.25, 0.3) is 0 Å². The highest BCUT2D eigenvalue weighted by molar-refractivity contribution is 5.66. The van der Waals surface area contributed by atoms with Gasteiger partial charge in [0.2, 0.25) is 0 Å². The Morgan fingerprint density at radius 2 is 1.60 bits per heavy atom. The number of rotatable bonds is 7. The molecule has 0 fully saturated rings. The molecule has 0 spiro atoms. The molecule has 2 aromatic rings. The van der Waals surface area contributed by atoms with Gasteiger partial charge in [-0.25, -0.2) is 0 Å². The van der Waals surface area contributed by atoms with Crippen LogP contribution in [-0.2, 0) is 16.1 Å². The van der Waals surface area contributed by atoms with Crippen LogP contribution in [0.1, 0.15) is 30.1 Å². The van der Waals surface area contributed by atoms with Gasteiger partial charge in [0, 0.05) is 6.42 Å². The fourth-order valence-corrected chi connectivity index (χ4v) is 2.04. The Hall–Kier alpha value is -2.13.